The van der Waals surface area contributed by atoms with Gasteiger partial charge in [0.15, 0.2) is 0 Å². The highest BCUT2D eigenvalue weighted by Gasteiger charge is 2.16. The molecule has 1 N–H and O–H groups in total. The van der Waals surface area contributed by atoms with Crippen molar-refractivity contribution in [1.82, 2.24) is 4.98 Å². The molecule has 1 heterocycles. The molecule has 0 radical (unpaired) electrons. The molecule has 0 bridgehead atoms. The highest BCUT2D eigenvalue weighted by molar-refractivity contribution is 5.87. The number of hydrogen-bond acceptors (Lipinski definition) is 4. The number of nitrogens with zero attached hydrogens (tertiary/aromatic N) is 1. The van der Waals surface area contributed by atoms with E-state index in [9.17, 15) is 5.11 Å². The second kappa shape index (κ2) is 8.02. The van der Waals surface area contributed by atoms with Gasteiger partial charge in [-0.2, -0.15) is 0 Å². The molecule has 3 rings (SSSR count). The first-order valence-corrected chi connectivity index (χ1v) is 8.56. The Morgan fingerprint density at radius 3 is 1.77 bits per heavy atom. The summed E-state index contributed by atoms with van der Waals surface area (Å²) in [7, 11) is 3.32. The van der Waals surface area contributed by atoms with Crippen molar-refractivity contribution in [3.63, 3.8) is 0 Å². The standard InChI is InChI=1S/C22H23NO3/c1-15-21(16-4-8-19(25-2)9-5-16)22(18(12-13-24)14-23-15)17-6-10-20(26-3)11-7-17/h4-11,14,24H,12-13H2,1-3H3. The van der Waals surface area contributed by atoms with E-state index in [1.165, 1.54) is 0 Å². The van der Waals surface area contributed by atoms with Crippen molar-refractivity contribution in [2.45, 2.75) is 13.3 Å². The predicted octanol–water partition coefficient (Wildman–Crippen LogP) is 4.28. The number of aliphatic hydroxyl groups excluding tert-OH is 1. The maximum Gasteiger partial charge on any atom is 0.118 e. The maximum atomic E-state index is 9.51. The van der Waals surface area contributed by atoms with E-state index in [0.717, 1.165) is 45.0 Å². The Bertz CT molecular complexity index is 871. The van der Waals surface area contributed by atoms with Gasteiger partial charge in [-0.15, -0.1) is 0 Å². The van der Waals surface area contributed by atoms with Gasteiger partial charge in [0.25, 0.3) is 0 Å². The van der Waals surface area contributed by atoms with Crippen molar-refractivity contribution in [1.29, 1.82) is 0 Å². The molecule has 0 unspecified atom stereocenters. The smallest absolute Gasteiger partial charge is 0.118 e. The molecule has 134 valence electrons. The fourth-order valence-corrected chi connectivity index (χ4v) is 3.15. The van der Waals surface area contributed by atoms with Gasteiger partial charge in [-0.1, -0.05) is 24.3 Å². The molecule has 0 aliphatic carbocycles. The number of aryl methyl sites for hydroxylation is 1. The summed E-state index contributed by atoms with van der Waals surface area (Å²) in [6.45, 7) is 2.09. The van der Waals surface area contributed by atoms with Crippen LogP contribution in [0, 0.1) is 6.92 Å². The maximum absolute atomic E-state index is 9.51. The van der Waals surface area contributed by atoms with Crippen molar-refractivity contribution >= 4 is 0 Å². The van der Waals surface area contributed by atoms with Gasteiger partial charge in [0.05, 0.1) is 14.2 Å². The Kier molecular flexibility index (Phi) is 5.54. The monoisotopic (exact) mass is 349 g/mol. The summed E-state index contributed by atoms with van der Waals surface area (Å²) in [4.78, 5) is 4.57. The molecule has 0 fully saturated rings. The molecular formula is C22H23NO3. The SMILES string of the molecule is COc1ccc(-c2c(CCO)cnc(C)c2-c2ccc(OC)cc2)cc1. The largest absolute Gasteiger partial charge is 0.497 e. The number of aromatic nitrogens is 1. The minimum atomic E-state index is 0.0793. The highest BCUT2D eigenvalue weighted by atomic mass is 16.5. The zero-order chi connectivity index (χ0) is 18.5. The van der Waals surface area contributed by atoms with Gasteiger partial charge in [-0.25, -0.2) is 0 Å². The molecule has 1 aromatic heterocycles. The molecule has 0 aliphatic rings. The lowest BCUT2D eigenvalue weighted by Crippen LogP contribution is -2.01. The number of methoxy groups -OCH3 is 2. The van der Waals surface area contributed by atoms with Gasteiger partial charge in [0.2, 0.25) is 0 Å². The number of hydrogen-bond donors (Lipinski definition) is 1. The Morgan fingerprint density at radius 1 is 0.808 bits per heavy atom. The zero-order valence-electron chi connectivity index (χ0n) is 15.3. The van der Waals surface area contributed by atoms with Crippen LogP contribution in [0.2, 0.25) is 0 Å². The Balaban J connectivity index is 2.22. The molecule has 0 amide bonds. The van der Waals surface area contributed by atoms with Crippen molar-refractivity contribution in [3.05, 3.63) is 66.0 Å². The Labute approximate surface area is 154 Å². The fraction of sp³-hybridized carbons (Fsp3) is 0.227. The molecular weight excluding hydrogens is 326 g/mol. The third-order valence-electron chi connectivity index (χ3n) is 4.49. The van der Waals surface area contributed by atoms with Gasteiger partial charge >= 0.3 is 0 Å². The van der Waals surface area contributed by atoms with Crippen LogP contribution >= 0.6 is 0 Å². The number of aliphatic hydroxyl groups is 1. The number of benzene rings is 2. The third kappa shape index (κ3) is 3.55. The summed E-state index contributed by atoms with van der Waals surface area (Å²) >= 11 is 0. The number of ether oxygens (including phenoxy) is 2. The van der Waals surface area contributed by atoms with Gasteiger partial charge in [0.1, 0.15) is 11.5 Å². The number of rotatable bonds is 6. The molecule has 2 aromatic carbocycles. The van der Waals surface area contributed by atoms with E-state index in [2.05, 4.69) is 4.98 Å². The van der Waals surface area contributed by atoms with E-state index in [4.69, 9.17) is 9.47 Å². The Morgan fingerprint density at radius 2 is 1.31 bits per heavy atom. The molecule has 4 nitrogen and oxygen atoms in total. The second-order valence-electron chi connectivity index (χ2n) is 6.05. The van der Waals surface area contributed by atoms with Gasteiger partial charge in [0, 0.05) is 24.1 Å². The normalized spacial score (nSPS) is 10.6. The molecule has 0 atom stereocenters. The number of pyridine rings is 1. The van der Waals surface area contributed by atoms with Crippen LogP contribution < -0.4 is 9.47 Å². The van der Waals surface area contributed by atoms with Crippen LogP contribution in [0.15, 0.2) is 54.7 Å². The van der Waals surface area contributed by atoms with E-state index >= 15 is 0 Å². The molecule has 0 spiro atoms. The van der Waals surface area contributed by atoms with Crippen LogP contribution in [0.3, 0.4) is 0 Å². The van der Waals surface area contributed by atoms with Gasteiger partial charge in [-0.3, -0.25) is 4.98 Å². The van der Waals surface area contributed by atoms with Crippen LogP contribution in [-0.4, -0.2) is 30.9 Å². The minimum Gasteiger partial charge on any atom is -0.497 e. The van der Waals surface area contributed by atoms with E-state index in [-0.39, 0.29) is 6.61 Å². The van der Waals surface area contributed by atoms with E-state index in [0.29, 0.717) is 6.42 Å². The third-order valence-corrected chi connectivity index (χ3v) is 4.49. The van der Waals surface area contributed by atoms with Gasteiger partial charge < -0.3 is 14.6 Å². The van der Waals surface area contributed by atoms with E-state index in [1.54, 1.807) is 14.2 Å². The molecule has 0 saturated carbocycles. The predicted molar refractivity (Wildman–Crippen MR) is 104 cm³/mol. The average Bonchev–Trinajstić information content (AvgIpc) is 2.69. The first-order chi connectivity index (χ1) is 12.7. The quantitative estimate of drug-likeness (QED) is 0.722. The zero-order valence-corrected chi connectivity index (χ0v) is 15.3. The van der Waals surface area contributed by atoms with Crippen LogP contribution in [0.4, 0.5) is 0 Å². The van der Waals surface area contributed by atoms with Crippen LogP contribution in [0.25, 0.3) is 22.3 Å². The van der Waals surface area contributed by atoms with Crippen molar-refractivity contribution in [2.24, 2.45) is 0 Å². The summed E-state index contributed by atoms with van der Waals surface area (Å²) in [5.74, 6) is 1.63. The summed E-state index contributed by atoms with van der Waals surface area (Å²) in [6, 6.07) is 16.0. The fourth-order valence-electron chi connectivity index (χ4n) is 3.15. The van der Waals surface area contributed by atoms with Crippen molar-refractivity contribution in [2.75, 3.05) is 20.8 Å². The van der Waals surface area contributed by atoms with Gasteiger partial charge in [-0.05, 0) is 59.9 Å². The first-order valence-electron chi connectivity index (χ1n) is 8.56. The summed E-state index contributed by atoms with van der Waals surface area (Å²) in [5.41, 5.74) is 6.28. The first kappa shape index (κ1) is 18.0. The minimum absolute atomic E-state index is 0.0793. The molecule has 3 aromatic rings. The topological polar surface area (TPSA) is 51.6 Å². The lowest BCUT2D eigenvalue weighted by atomic mass is 9.89. The van der Waals surface area contributed by atoms with E-state index < -0.39 is 0 Å². The van der Waals surface area contributed by atoms with Crippen LogP contribution in [-0.2, 0) is 6.42 Å². The molecule has 4 heteroatoms. The molecule has 26 heavy (non-hydrogen) atoms. The van der Waals surface area contributed by atoms with Crippen LogP contribution in [0.5, 0.6) is 11.5 Å². The van der Waals surface area contributed by atoms with E-state index in [1.807, 2.05) is 61.7 Å². The summed E-state index contributed by atoms with van der Waals surface area (Å²) < 4.78 is 10.6. The average molecular weight is 349 g/mol. The molecule has 0 aliphatic heterocycles. The summed E-state index contributed by atoms with van der Waals surface area (Å²) in [5, 5.41) is 9.51. The summed E-state index contributed by atoms with van der Waals surface area (Å²) in [6.07, 6.45) is 2.41. The highest BCUT2D eigenvalue weighted by Crippen LogP contribution is 2.38. The van der Waals surface area contributed by atoms with Crippen LogP contribution in [0.1, 0.15) is 11.3 Å². The van der Waals surface area contributed by atoms with Crippen molar-refractivity contribution < 1.29 is 14.6 Å². The lowest BCUT2D eigenvalue weighted by Gasteiger charge is -2.18. The molecule has 0 saturated heterocycles. The lowest BCUT2D eigenvalue weighted by molar-refractivity contribution is 0.299. The Hall–Kier alpha value is -2.85. The second-order valence-corrected chi connectivity index (χ2v) is 6.05. The van der Waals surface area contributed by atoms with Crippen molar-refractivity contribution in [3.8, 4) is 33.8 Å².